The minimum atomic E-state index is -0.665. The molecule has 0 spiro atoms. The lowest BCUT2D eigenvalue weighted by Gasteiger charge is -2.56. The van der Waals surface area contributed by atoms with Crippen LogP contribution in [-0.4, -0.2) is 16.2 Å². The van der Waals surface area contributed by atoms with Crippen LogP contribution in [0.2, 0.25) is 0 Å². The van der Waals surface area contributed by atoms with E-state index in [1.165, 1.54) is 100 Å². The highest BCUT2D eigenvalue weighted by molar-refractivity contribution is 6.16. The fourth-order valence-electron chi connectivity index (χ4n) is 12.6. The van der Waals surface area contributed by atoms with E-state index in [9.17, 15) is 0 Å². The topological polar surface area (TPSA) is 17.8 Å². The van der Waals surface area contributed by atoms with Gasteiger partial charge in [-0.3, -0.25) is 13.5 Å². The van der Waals surface area contributed by atoms with Crippen LogP contribution in [0, 0.1) is 20.5 Å². The third-order valence-corrected chi connectivity index (χ3v) is 16.3. The molecule has 2 aromatic heterocycles. The molecule has 1 aliphatic carbocycles. The van der Waals surface area contributed by atoms with Crippen molar-refractivity contribution in [2.24, 2.45) is 0 Å². The van der Waals surface area contributed by atoms with Crippen LogP contribution in [0.3, 0.4) is 0 Å². The smallest absolute Gasteiger partial charge is 0.186 e. The maximum Gasteiger partial charge on any atom is 0.186 e. The summed E-state index contributed by atoms with van der Waals surface area (Å²) in [5, 5.41) is 2.45. The number of pyridine rings is 1. The van der Waals surface area contributed by atoms with Crippen molar-refractivity contribution in [3.8, 4) is 28.1 Å². The number of quaternary nitrogens is 2. The Morgan fingerprint density at radius 2 is 1.09 bits per heavy atom. The van der Waals surface area contributed by atoms with Crippen LogP contribution < -0.4 is 8.97 Å². The van der Waals surface area contributed by atoms with Gasteiger partial charge >= 0.3 is 0 Å². The fraction of sp³-hybridized carbons (Fsp3) is 0.182. The quantitative estimate of drug-likeness (QED) is 0.120. The van der Waals surface area contributed by atoms with E-state index in [0.717, 1.165) is 28.0 Å². The number of aromatic nitrogens is 2. The molecular weight excluding hydrogens is 849 g/mol. The second-order valence-electron chi connectivity index (χ2n) is 22.4. The van der Waals surface area contributed by atoms with Gasteiger partial charge in [0, 0.05) is 41.2 Å². The summed E-state index contributed by atoms with van der Waals surface area (Å²) in [5.74, 6) is 0.926. The zero-order valence-corrected chi connectivity index (χ0v) is 41.5. The van der Waals surface area contributed by atoms with Gasteiger partial charge in [0.05, 0.1) is 23.1 Å². The Kier molecular flexibility index (Phi) is 9.04. The van der Waals surface area contributed by atoms with Crippen molar-refractivity contribution in [3.05, 3.63) is 245 Å². The van der Waals surface area contributed by atoms with Crippen molar-refractivity contribution in [3.63, 3.8) is 0 Å². The van der Waals surface area contributed by atoms with Crippen LogP contribution in [0.1, 0.15) is 86.1 Å². The summed E-state index contributed by atoms with van der Waals surface area (Å²) in [6.45, 7) is 22.0. The summed E-state index contributed by atoms with van der Waals surface area (Å²) in [6.07, 6.45) is 1.99. The van der Waals surface area contributed by atoms with Crippen molar-refractivity contribution in [2.45, 2.75) is 71.6 Å². The highest BCUT2D eigenvalue weighted by atomic mass is 15.7. The Labute approximate surface area is 412 Å². The molecule has 70 heavy (non-hydrogen) atoms. The molecule has 1 saturated heterocycles. The molecule has 0 radical (unpaired) electrons. The first-order chi connectivity index (χ1) is 33.7. The second kappa shape index (κ2) is 14.8. The predicted octanol–water partition coefficient (Wildman–Crippen LogP) is 16.8. The lowest BCUT2D eigenvalue weighted by Crippen LogP contribution is -2.67. The van der Waals surface area contributed by atoms with Crippen molar-refractivity contribution in [1.82, 2.24) is 18.5 Å². The largest absolute Gasteiger partial charge is 0.294 e. The maximum absolute atomic E-state index is 5.19. The van der Waals surface area contributed by atoms with Gasteiger partial charge in [-0.15, -0.1) is 0 Å². The fourth-order valence-corrected chi connectivity index (χ4v) is 12.6. The van der Waals surface area contributed by atoms with Gasteiger partial charge in [0.2, 0.25) is 0 Å². The first kappa shape index (κ1) is 42.7. The standard InChI is InChI=1S/C66H59N4/c1-43-34-60-61(35-44(43)2)70(41-69(60,42-70)50-22-13-10-14-23-50)51-37-48(65(6,7)8)36-49(38-51)66(56-27-17-15-24-53(56)54-25-16-18-28-57(54)66)47-30-31-55-59(39-47)68(62-40-46(32-33-67-62)64(3,4)5)58-29-19-26-52(63(55)58)45-20-11-9-12-21-45/h9-41H,42H2,1-8H3/q+1/t69-,70+/m0/s1. The zero-order chi connectivity index (χ0) is 48.0. The van der Waals surface area contributed by atoms with Crippen LogP contribution in [0.4, 0.5) is 22.7 Å². The summed E-state index contributed by atoms with van der Waals surface area (Å²) in [7, 11) is 0. The van der Waals surface area contributed by atoms with E-state index in [1.54, 1.807) is 0 Å². The molecular formula is C66H59N4+. The monoisotopic (exact) mass is 907 g/mol. The Balaban J connectivity index is 1.13. The molecule has 0 saturated carbocycles. The Hall–Kier alpha value is -7.37. The first-order valence-corrected chi connectivity index (χ1v) is 25.0. The van der Waals surface area contributed by atoms with E-state index in [0.29, 0.717) is 4.48 Å². The van der Waals surface area contributed by atoms with Gasteiger partial charge in [0.25, 0.3) is 0 Å². The average molecular weight is 908 g/mol. The lowest BCUT2D eigenvalue weighted by molar-refractivity contribution is 0.187. The summed E-state index contributed by atoms with van der Waals surface area (Å²) in [5.41, 5.74) is 22.2. The van der Waals surface area contributed by atoms with E-state index in [-0.39, 0.29) is 10.8 Å². The Morgan fingerprint density at radius 1 is 0.500 bits per heavy atom. The van der Waals surface area contributed by atoms with Crippen LogP contribution in [0.5, 0.6) is 0 Å². The molecule has 2 bridgehead atoms. The normalized spacial score (nSPS) is 18.7. The van der Waals surface area contributed by atoms with Gasteiger partial charge in [-0.05, 0) is 128 Å². The number of hydrogen-bond donors (Lipinski definition) is 0. The van der Waals surface area contributed by atoms with Crippen LogP contribution in [-0.2, 0) is 16.2 Å². The predicted molar refractivity (Wildman–Crippen MR) is 293 cm³/mol. The van der Waals surface area contributed by atoms with E-state index in [4.69, 9.17) is 4.98 Å². The highest BCUT2D eigenvalue weighted by Crippen LogP contribution is 2.66. The van der Waals surface area contributed by atoms with E-state index in [1.807, 2.05) is 6.20 Å². The number of benzene rings is 8. The van der Waals surface area contributed by atoms with Gasteiger partial charge in [-0.2, -0.15) is 0 Å². The SMILES string of the molecule is Cc1cc2c(cc1C)[N@+]1(c3cc(C(C)(C)C)cc(C4(c5ccc6c7c(-c8ccccc8)cccc7n(-c7cc(C(C)(C)C)ccn7)c6c5)c5ccccc5-c5ccccc54)c3)[CH-][N@@+]2(c2ccccc2)C1. The molecule has 2 atom stereocenters. The van der Waals surface area contributed by atoms with Gasteiger partial charge < -0.3 is 0 Å². The number of fused-ring (bicyclic) bond motifs is 6. The molecule has 14 rings (SSSR count). The summed E-state index contributed by atoms with van der Waals surface area (Å²) in [4.78, 5) is 5.19. The van der Waals surface area contributed by atoms with E-state index >= 15 is 0 Å². The minimum absolute atomic E-state index is 0.0548. The first-order valence-electron chi connectivity index (χ1n) is 25.0. The zero-order valence-electron chi connectivity index (χ0n) is 41.5. The van der Waals surface area contributed by atoms with E-state index < -0.39 is 5.41 Å². The molecule has 3 aliphatic heterocycles. The van der Waals surface area contributed by atoms with Gasteiger partial charge in [0.1, 0.15) is 17.2 Å². The maximum atomic E-state index is 5.19. The molecule has 5 heterocycles. The minimum Gasteiger partial charge on any atom is -0.294 e. The second-order valence-corrected chi connectivity index (χ2v) is 22.4. The molecule has 8 aromatic carbocycles. The number of nitrogens with zero attached hydrogens (tertiary/aromatic N) is 4. The molecule has 4 aliphatic rings. The lowest BCUT2D eigenvalue weighted by atomic mass is 9.66. The van der Waals surface area contributed by atoms with Gasteiger partial charge in [0.15, 0.2) is 18.0 Å². The van der Waals surface area contributed by atoms with E-state index in [2.05, 4.69) is 255 Å². The van der Waals surface area contributed by atoms with Crippen molar-refractivity contribution in [1.29, 1.82) is 0 Å². The Morgan fingerprint density at radius 3 is 1.73 bits per heavy atom. The third-order valence-electron chi connectivity index (χ3n) is 16.3. The summed E-state index contributed by atoms with van der Waals surface area (Å²) >= 11 is 0. The number of rotatable bonds is 6. The molecule has 0 N–H and O–H groups in total. The molecule has 0 unspecified atom stereocenters. The van der Waals surface area contributed by atoms with Crippen LogP contribution in [0.15, 0.2) is 194 Å². The van der Waals surface area contributed by atoms with Gasteiger partial charge in [-0.25, -0.2) is 4.98 Å². The van der Waals surface area contributed by atoms with Gasteiger partial charge in [-0.1, -0.05) is 169 Å². The van der Waals surface area contributed by atoms with Crippen molar-refractivity contribution < 1.29 is 0 Å². The van der Waals surface area contributed by atoms with Crippen LogP contribution in [0.25, 0.3) is 49.9 Å². The summed E-state index contributed by atoms with van der Waals surface area (Å²) < 4.78 is 3.86. The van der Waals surface area contributed by atoms with Crippen molar-refractivity contribution in [2.75, 3.05) is 6.67 Å². The summed E-state index contributed by atoms with van der Waals surface area (Å²) in [6, 6.07) is 71.6. The van der Waals surface area contributed by atoms with Crippen LogP contribution >= 0.6 is 0 Å². The third kappa shape index (κ3) is 5.87. The Bertz CT molecular complexity index is 3720. The molecule has 10 aromatic rings. The number of aryl methyl sites for hydroxylation is 2. The molecule has 342 valence electrons. The molecule has 4 nitrogen and oxygen atoms in total. The molecule has 0 amide bonds. The highest BCUT2D eigenvalue weighted by Gasteiger charge is 2.63. The average Bonchev–Trinajstić information content (AvgIpc) is 4.03. The van der Waals surface area contributed by atoms with Crippen molar-refractivity contribution >= 4 is 44.6 Å². The molecule has 4 heteroatoms. The number of para-hydroxylation sites is 1. The number of hydrogen-bond acceptors (Lipinski definition) is 1. The molecule has 1 fully saturated rings.